The molecule has 1 aromatic rings. The molecule has 1 fully saturated rings. The smallest absolute Gasteiger partial charge is 0.227 e. The van der Waals surface area contributed by atoms with E-state index in [1.807, 2.05) is 24.3 Å². The molecule has 1 aliphatic heterocycles. The van der Waals surface area contributed by atoms with E-state index in [0.717, 1.165) is 11.3 Å². The van der Waals surface area contributed by atoms with Gasteiger partial charge in [-0.25, -0.2) is 13.6 Å². The van der Waals surface area contributed by atoms with Crippen molar-refractivity contribution in [2.75, 3.05) is 17.2 Å². The summed E-state index contributed by atoms with van der Waals surface area (Å²) in [6, 6.07) is 7.75. The van der Waals surface area contributed by atoms with E-state index in [-0.39, 0.29) is 24.0 Å². The van der Waals surface area contributed by atoms with Gasteiger partial charge in [0.25, 0.3) is 0 Å². The molecule has 110 valence electrons. The van der Waals surface area contributed by atoms with Gasteiger partial charge in [-0.3, -0.25) is 4.79 Å². The summed E-state index contributed by atoms with van der Waals surface area (Å²) in [5, 5.41) is 5.07. The van der Waals surface area contributed by atoms with Crippen molar-refractivity contribution in [3.63, 3.8) is 0 Å². The van der Waals surface area contributed by atoms with Crippen molar-refractivity contribution in [3.8, 4) is 0 Å². The van der Waals surface area contributed by atoms with E-state index in [1.165, 1.54) is 0 Å². The highest BCUT2D eigenvalue weighted by molar-refractivity contribution is 7.89. The lowest BCUT2D eigenvalue weighted by molar-refractivity contribution is -0.117. The minimum absolute atomic E-state index is 0.0354. The number of sulfonamides is 1. The molecule has 0 radical (unpaired) electrons. The Morgan fingerprint density at radius 3 is 2.60 bits per heavy atom. The van der Waals surface area contributed by atoms with Crippen LogP contribution in [0.5, 0.6) is 0 Å². The first-order valence-corrected chi connectivity index (χ1v) is 8.39. The quantitative estimate of drug-likeness (QED) is 0.913. The Kier molecular flexibility index (Phi) is 4.15. The molecule has 2 N–H and O–H groups in total. The zero-order valence-electron chi connectivity index (χ0n) is 11.7. The van der Waals surface area contributed by atoms with Crippen molar-refractivity contribution in [2.24, 2.45) is 11.1 Å². The number of carbonyl (C=O) groups excluding carboxylic acids is 1. The van der Waals surface area contributed by atoms with Crippen molar-refractivity contribution in [3.05, 3.63) is 29.8 Å². The summed E-state index contributed by atoms with van der Waals surface area (Å²) >= 11 is 0. The molecule has 1 aromatic carbocycles. The molecule has 1 saturated heterocycles. The van der Waals surface area contributed by atoms with Crippen molar-refractivity contribution in [1.29, 1.82) is 0 Å². The standard InChI is InChI=1S/C14H20N2O3S/c1-10(2)12-5-3-4-6-13(12)16-8-11(7-14(16)17)9-20(15,18)19/h3-6,10-11H,7-9H2,1-2H3,(H2,15,18,19). The number of rotatable bonds is 4. The van der Waals surface area contributed by atoms with Crippen molar-refractivity contribution < 1.29 is 13.2 Å². The number of nitrogens with two attached hydrogens (primary N) is 1. The first-order chi connectivity index (χ1) is 9.28. The van der Waals surface area contributed by atoms with Crippen LogP contribution in [0.2, 0.25) is 0 Å². The van der Waals surface area contributed by atoms with Crippen LogP contribution in [0.4, 0.5) is 5.69 Å². The molecule has 1 aliphatic rings. The Morgan fingerprint density at radius 1 is 1.35 bits per heavy atom. The zero-order chi connectivity index (χ0) is 14.9. The molecule has 0 aliphatic carbocycles. The van der Waals surface area contributed by atoms with Gasteiger partial charge in [-0.1, -0.05) is 32.0 Å². The summed E-state index contributed by atoms with van der Waals surface area (Å²) in [5.41, 5.74) is 1.97. The van der Waals surface area contributed by atoms with Gasteiger partial charge in [0.05, 0.1) is 5.75 Å². The highest BCUT2D eigenvalue weighted by Gasteiger charge is 2.33. The van der Waals surface area contributed by atoms with E-state index in [2.05, 4.69) is 13.8 Å². The molecular formula is C14H20N2O3S. The number of carbonyl (C=O) groups is 1. The Labute approximate surface area is 119 Å². The maximum absolute atomic E-state index is 12.1. The normalized spacial score (nSPS) is 19.9. The molecule has 2 rings (SSSR count). The highest BCUT2D eigenvalue weighted by atomic mass is 32.2. The van der Waals surface area contributed by atoms with Gasteiger partial charge in [-0.15, -0.1) is 0 Å². The van der Waals surface area contributed by atoms with Crippen molar-refractivity contribution >= 4 is 21.6 Å². The van der Waals surface area contributed by atoms with Crippen LogP contribution in [-0.4, -0.2) is 26.6 Å². The maximum Gasteiger partial charge on any atom is 0.227 e. The summed E-state index contributed by atoms with van der Waals surface area (Å²) < 4.78 is 22.3. The molecule has 0 spiro atoms. The largest absolute Gasteiger partial charge is 0.312 e. The number of nitrogens with zero attached hydrogens (tertiary/aromatic N) is 1. The lowest BCUT2D eigenvalue weighted by atomic mass is 10.0. The van der Waals surface area contributed by atoms with Gasteiger partial charge in [-0.05, 0) is 17.5 Å². The van der Waals surface area contributed by atoms with E-state index < -0.39 is 10.0 Å². The fourth-order valence-electron chi connectivity index (χ4n) is 2.68. The average molecular weight is 296 g/mol. The van der Waals surface area contributed by atoms with Crippen molar-refractivity contribution in [1.82, 2.24) is 0 Å². The molecule has 1 heterocycles. The van der Waals surface area contributed by atoms with Crippen LogP contribution in [0.25, 0.3) is 0 Å². The second-order valence-corrected chi connectivity index (χ2v) is 7.28. The number of anilines is 1. The summed E-state index contributed by atoms with van der Waals surface area (Å²) in [6.07, 6.45) is 0.239. The van der Waals surface area contributed by atoms with Gasteiger partial charge in [-0.2, -0.15) is 0 Å². The van der Waals surface area contributed by atoms with Crippen LogP contribution >= 0.6 is 0 Å². The second-order valence-electron chi connectivity index (χ2n) is 5.62. The molecule has 1 amide bonds. The summed E-state index contributed by atoms with van der Waals surface area (Å²) in [6.45, 7) is 4.56. The summed E-state index contributed by atoms with van der Waals surface area (Å²) in [7, 11) is -3.54. The topological polar surface area (TPSA) is 80.5 Å². The lowest BCUT2D eigenvalue weighted by Gasteiger charge is -2.22. The Morgan fingerprint density at radius 2 is 2.00 bits per heavy atom. The molecule has 0 bridgehead atoms. The third-order valence-corrected chi connectivity index (χ3v) is 4.46. The molecule has 0 saturated carbocycles. The molecule has 1 atom stereocenters. The fourth-order valence-corrected chi connectivity index (χ4v) is 3.56. The Balaban J connectivity index is 2.24. The van der Waals surface area contributed by atoms with Crippen molar-refractivity contribution in [2.45, 2.75) is 26.2 Å². The van der Waals surface area contributed by atoms with Gasteiger partial charge in [0, 0.05) is 24.6 Å². The van der Waals surface area contributed by atoms with Gasteiger partial charge < -0.3 is 4.90 Å². The minimum Gasteiger partial charge on any atom is -0.312 e. The minimum atomic E-state index is -3.54. The van der Waals surface area contributed by atoms with Gasteiger partial charge in [0.1, 0.15) is 0 Å². The van der Waals surface area contributed by atoms with Crippen LogP contribution in [0.15, 0.2) is 24.3 Å². The number of amides is 1. The van der Waals surface area contributed by atoms with E-state index in [1.54, 1.807) is 4.90 Å². The average Bonchev–Trinajstić information content (AvgIpc) is 2.67. The number of primary sulfonamides is 1. The molecular weight excluding hydrogens is 276 g/mol. The zero-order valence-corrected chi connectivity index (χ0v) is 12.6. The predicted octanol–water partition coefficient (Wildman–Crippen LogP) is 1.45. The molecule has 0 aromatic heterocycles. The maximum atomic E-state index is 12.1. The number of para-hydroxylation sites is 1. The Bertz CT molecular complexity index is 611. The third kappa shape index (κ3) is 3.37. The Hall–Kier alpha value is -1.40. The predicted molar refractivity (Wildman–Crippen MR) is 79.0 cm³/mol. The van der Waals surface area contributed by atoms with E-state index >= 15 is 0 Å². The lowest BCUT2D eigenvalue weighted by Crippen LogP contribution is -2.28. The molecule has 1 unspecified atom stereocenters. The van der Waals surface area contributed by atoms with Crippen LogP contribution in [0.1, 0.15) is 31.7 Å². The van der Waals surface area contributed by atoms with Crippen LogP contribution in [0.3, 0.4) is 0 Å². The van der Waals surface area contributed by atoms with Crippen LogP contribution < -0.4 is 10.0 Å². The van der Waals surface area contributed by atoms with Gasteiger partial charge in [0.2, 0.25) is 15.9 Å². The molecule has 5 nitrogen and oxygen atoms in total. The SMILES string of the molecule is CC(C)c1ccccc1N1CC(CS(N)(=O)=O)CC1=O. The molecule has 6 heteroatoms. The van der Waals surface area contributed by atoms with Crippen LogP contribution in [0, 0.1) is 5.92 Å². The second kappa shape index (κ2) is 5.54. The van der Waals surface area contributed by atoms with E-state index in [9.17, 15) is 13.2 Å². The van der Waals surface area contributed by atoms with E-state index in [0.29, 0.717) is 12.5 Å². The summed E-state index contributed by atoms with van der Waals surface area (Å²) in [5.74, 6) is -0.0974. The third-order valence-electron chi connectivity index (χ3n) is 3.52. The first kappa shape index (κ1) is 15.0. The monoisotopic (exact) mass is 296 g/mol. The number of hydrogen-bond donors (Lipinski definition) is 1. The first-order valence-electron chi connectivity index (χ1n) is 6.67. The molecule has 20 heavy (non-hydrogen) atoms. The van der Waals surface area contributed by atoms with E-state index in [4.69, 9.17) is 5.14 Å². The van der Waals surface area contributed by atoms with Gasteiger partial charge in [0.15, 0.2) is 0 Å². The van der Waals surface area contributed by atoms with Gasteiger partial charge >= 0.3 is 0 Å². The fraction of sp³-hybridized carbons (Fsp3) is 0.500. The summed E-state index contributed by atoms with van der Waals surface area (Å²) in [4.78, 5) is 13.8. The number of benzene rings is 1. The highest BCUT2D eigenvalue weighted by Crippen LogP contribution is 2.32. The number of hydrogen-bond acceptors (Lipinski definition) is 3. The van der Waals surface area contributed by atoms with Crippen LogP contribution in [-0.2, 0) is 14.8 Å².